The van der Waals surface area contributed by atoms with Crippen molar-refractivity contribution < 1.29 is 0 Å². The van der Waals surface area contributed by atoms with E-state index >= 15 is 0 Å². The zero-order chi connectivity index (χ0) is 56.7. The van der Waals surface area contributed by atoms with Crippen molar-refractivity contribution >= 4 is 108 Å². The first-order valence-electron chi connectivity index (χ1n) is 29.7. The average molecular weight is 1090 g/mol. The Bertz CT molecular complexity index is 5700. The molecule has 2 aromatic heterocycles. The molecule has 0 fully saturated rings. The number of benzene rings is 16. The van der Waals surface area contributed by atoms with E-state index in [4.69, 9.17) is 0 Å². The Balaban J connectivity index is 0.000000134. The molecule has 0 radical (unpaired) electrons. The van der Waals surface area contributed by atoms with E-state index in [0.717, 1.165) is 0 Å². The van der Waals surface area contributed by atoms with Crippen molar-refractivity contribution in [1.29, 1.82) is 0 Å². The van der Waals surface area contributed by atoms with Crippen LogP contribution in [0.1, 0.15) is 0 Å². The molecule has 0 atom stereocenters. The second-order valence-corrected chi connectivity index (χ2v) is 22.8. The minimum Gasteiger partial charge on any atom is -0.309 e. The lowest BCUT2D eigenvalue weighted by molar-refractivity contribution is 1.19. The summed E-state index contributed by atoms with van der Waals surface area (Å²) < 4.78 is 4.79. The van der Waals surface area contributed by atoms with Gasteiger partial charge in [-0.15, -0.1) is 0 Å². The molecule has 0 saturated heterocycles. The maximum Gasteiger partial charge on any atom is 0.0541 e. The Morgan fingerprint density at radius 1 is 0.140 bits per heavy atom. The van der Waals surface area contributed by atoms with Gasteiger partial charge in [-0.2, -0.15) is 0 Å². The van der Waals surface area contributed by atoms with Crippen LogP contribution in [0.4, 0.5) is 0 Å². The van der Waals surface area contributed by atoms with Gasteiger partial charge in [0.2, 0.25) is 0 Å². The minimum atomic E-state index is 1.19. The lowest BCUT2D eigenvalue weighted by Gasteiger charge is -2.10. The van der Waals surface area contributed by atoms with Gasteiger partial charge >= 0.3 is 0 Å². The van der Waals surface area contributed by atoms with Gasteiger partial charge in [0.25, 0.3) is 0 Å². The molecule has 0 aliphatic rings. The van der Waals surface area contributed by atoms with Gasteiger partial charge in [-0.1, -0.05) is 255 Å². The normalized spacial score (nSPS) is 11.7. The summed E-state index contributed by atoms with van der Waals surface area (Å²) in [5.41, 5.74) is 17.1. The van der Waals surface area contributed by atoms with Crippen molar-refractivity contribution in [3.8, 4) is 55.9 Å². The molecule has 2 nitrogen and oxygen atoms in total. The number of hydrogen-bond donors (Lipinski definition) is 0. The minimum absolute atomic E-state index is 1.19. The summed E-state index contributed by atoms with van der Waals surface area (Å²) in [7, 11) is 0. The molecule has 0 aliphatic heterocycles. The highest BCUT2D eigenvalue weighted by Gasteiger charge is 2.17. The van der Waals surface area contributed by atoms with Crippen LogP contribution in [0, 0.1) is 0 Å². The Morgan fingerprint density at radius 2 is 0.430 bits per heavy atom. The fourth-order valence-corrected chi connectivity index (χ4v) is 13.6. The molecule has 2 heterocycles. The molecule has 18 rings (SSSR count). The van der Waals surface area contributed by atoms with E-state index < -0.39 is 0 Å². The average Bonchev–Trinajstić information content (AvgIpc) is 2.53. The second-order valence-electron chi connectivity index (χ2n) is 22.8. The van der Waals surface area contributed by atoms with Crippen molar-refractivity contribution in [3.05, 3.63) is 328 Å². The van der Waals surface area contributed by atoms with Gasteiger partial charge in [0.1, 0.15) is 0 Å². The summed E-state index contributed by atoms with van der Waals surface area (Å²) in [6.07, 6.45) is 0. The lowest BCUT2D eigenvalue weighted by Crippen LogP contribution is -1.93. The zero-order valence-corrected chi connectivity index (χ0v) is 47.1. The van der Waals surface area contributed by atoms with Crippen LogP contribution >= 0.6 is 0 Å². The molecule has 2 heteroatoms. The molecule has 0 amide bonds. The van der Waals surface area contributed by atoms with Gasteiger partial charge in [-0.05, 0) is 182 Å². The van der Waals surface area contributed by atoms with E-state index in [1.165, 1.54) is 164 Å². The van der Waals surface area contributed by atoms with E-state index in [-0.39, 0.29) is 0 Å². The van der Waals surface area contributed by atoms with Crippen molar-refractivity contribution in [2.75, 3.05) is 0 Å². The topological polar surface area (TPSA) is 9.86 Å². The first kappa shape index (κ1) is 49.3. The SMILES string of the molecule is c1ccc2cc(-n3c4ccccc4c4cc(-c5ccc(-c6ccc7c(ccc8ccccc87)c6)cc5)ccc43)ccc2c1.c1ccc2cc(-n3c4ccccc4c4cc(-c5ccc(-c6ccc7ccc8ccccc8c7c6)cc5)ccc43)ccc2c1. The van der Waals surface area contributed by atoms with Crippen molar-refractivity contribution in [2.45, 2.75) is 0 Å². The number of aromatic nitrogens is 2. The summed E-state index contributed by atoms with van der Waals surface area (Å²) in [6.45, 7) is 0. The smallest absolute Gasteiger partial charge is 0.0541 e. The van der Waals surface area contributed by atoms with Crippen molar-refractivity contribution in [3.63, 3.8) is 0 Å². The molecule has 0 saturated carbocycles. The van der Waals surface area contributed by atoms with Crippen LogP contribution in [0.5, 0.6) is 0 Å². The largest absolute Gasteiger partial charge is 0.309 e. The highest BCUT2D eigenvalue weighted by Crippen LogP contribution is 2.40. The lowest BCUT2D eigenvalue weighted by atomic mass is 9.95. The summed E-state index contributed by atoms with van der Waals surface area (Å²) >= 11 is 0. The highest BCUT2D eigenvalue weighted by atomic mass is 15.0. The van der Waals surface area contributed by atoms with Gasteiger partial charge in [-0.25, -0.2) is 0 Å². The van der Waals surface area contributed by atoms with Crippen LogP contribution in [0.25, 0.3) is 164 Å². The van der Waals surface area contributed by atoms with Crippen molar-refractivity contribution in [1.82, 2.24) is 9.13 Å². The Kier molecular flexibility index (Phi) is 11.6. The summed E-state index contributed by atoms with van der Waals surface area (Å²) in [5.74, 6) is 0. The number of para-hydroxylation sites is 2. The van der Waals surface area contributed by atoms with Gasteiger partial charge in [0, 0.05) is 32.9 Å². The van der Waals surface area contributed by atoms with E-state index in [1.807, 2.05) is 0 Å². The highest BCUT2D eigenvalue weighted by molar-refractivity contribution is 6.13. The second kappa shape index (κ2) is 20.2. The maximum absolute atomic E-state index is 2.40. The third kappa shape index (κ3) is 8.41. The van der Waals surface area contributed by atoms with Gasteiger partial charge in [0.15, 0.2) is 0 Å². The predicted octanol–water partition coefficient (Wildman–Crippen LogP) is 23.2. The molecule has 86 heavy (non-hydrogen) atoms. The molecular formula is C84H54N2. The molecular weight excluding hydrogens is 1040 g/mol. The predicted molar refractivity (Wildman–Crippen MR) is 368 cm³/mol. The fourth-order valence-electron chi connectivity index (χ4n) is 13.6. The van der Waals surface area contributed by atoms with E-state index in [0.29, 0.717) is 0 Å². The number of fused-ring (bicyclic) bond motifs is 14. The zero-order valence-electron chi connectivity index (χ0n) is 47.1. The van der Waals surface area contributed by atoms with Gasteiger partial charge in [-0.3, -0.25) is 0 Å². The van der Waals surface area contributed by atoms with Crippen LogP contribution < -0.4 is 0 Å². The Morgan fingerprint density at radius 3 is 0.919 bits per heavy atom. The van der Waals surface area contributed by atoms with Gasteiger partial charge in [0.05, 0.1) is 22.1 Å². The summed E-state index contributed by atoms with van der Waals surface area (Å²) in [6, 6.07) is 120. The molecule has 0 unspecified atom stereocenters. The Hall–Kier alpha value is -11.3. The molecule has 400 valence electrons. The van der Waals surface area contributed by atoms with Crippen molar-refractivity contribution in [2.24, 2.45) is 0 Å². The van der Waals surface area contributed by atoms with Crippen LogP contribution in [0.3, 0.4) is 0 Å². The number of rotatable bonds is 6. The van der Waals surface area contributed by atoms with Crippen LogP contribution in [-0.2, 0) is 0 Å². The quantitative estimate of drug-likeness (QED) is 0.147. The molecule has 18 aromatic rings. The van der Waals surface area contributed by atoms with Crippen LogP contribution in [-0.4, -0.2) is 9.13 Å². The molecule has 16 aromatic carbocycles. The first-order valence-corrected chi connectivity index (χ1v) is 29.7. The maximum atomic E-state index is 2.40. The van der Waals surface area contributed by atoms with Gasteiger partial charge < -0.3 is 9.13 Å². The third-order valence-corrected chi connectivity index (χ3v) is 17.9. The number of nitrogens with zero attached hydrogens (tertiary/aromatic N) is 2. The Labute approximate surface area is 497 Å². The first-order chi connectivity index (χ1) is 42.6. The molecule has 0 spiro atoms. The van der Waals surface area contributed by atoms with E-state index in [1.54, 1.807) is 0 Å². The standard InChI is InChI=1S/2C42H27N/c1-2-9-32-26-36(22-19-28(32)7-1)43-41-12-6-5-11-39(41)40-27-34(21-24-42(40)43)30-15-13-29(14-16-30)33-20-23-38-35(25-33)18-17-31-8-3-4-10-37(31)38;1-2-9-33-25-36(23-21-28(33)7-1)43-41-12-6-5-11-38(41)40-27-35(22-24-42(40)43)30-15-13-29(14-16-30)34-20-19-32-18-17-31-8-3-4-10-37(31)39(32)26-34/h2*1-27H. The van der Waals surface area contributed by atoms with Crippen LogP contribution in [0.2, 0.25) is 0 Å². The van der Waals surface area contributed by atoms with E-state index in [2.05, 4.69) is 337 Å². The summed E-state index contributed by atoms with van der Waals surface area (Å²) in [4.78, 5) is 0. The molecule has 0 bridgehead atoms. The molecule has 0 N–H and O–H groups in total. The number of hydrogen-bond acceptors (Lipinski definition) is 0. The van der Waals surface area contributed by atoms with E-state index in [9.17, 15) is 0 Å². The fraction of sp³-hybridized carbons (Fsp3) is 0. The van der Waals surface area contributed by atoms with Crippen LogP contribution in [0.15, 0.2) is 328 Å². The third-order valence-electron chi connectivity index (χ3n) is 17.9. The molecule has 0 aliphatic carbocycles. The summed E-state index contributed by atoms with van der Waals surface area (Å²) in [5, 5.41) is 20.4. The monoisotopic (exact) mass is 1090 g/mol.